The number of imidazole rings is 1. The van der Waals surface area contributed by atoms with Gasteiger partial charge in [0, 0.05) is 46.0 Å². The van der Waals surface area contributed by atoms with E-state index >= 15 is 0 Å². The Labute approximate surface area is 234 Å². The van der Waals surface area contributed by atoms with Gasteiger partial charge in [0.2, 0.25) is 0 Å². The number of pyridine rings is 3. The summed E-state index contributed by atoms with van der Waals surface area (Å²) in [6.07, 6.45) is 4.53. The van der Waals surface area contributed by atoms with Gasteiger partial charge in [0.15, 0.2) is 5.65 Å². The maximum absolute atomic E-state index is 5.15. The number of hydrogen-bond donors (Lipinski definition) is 0. The second-order valence-corrected chi connectivity index (χ2v) is 10.9. The van der Waals surface area contributed by atoms with Gasteiger partial charge in [0.05, 0.1) is 11.0 Å². The van der Waals surface area contributed by atoms with E-state index in [9.17, 15) is 0 Å². The van der Waals surface area contributed by atoms with Crippen molar-refractivity contribution in [2.75, 3.05) is 0 Å². The molecule has 41 heavy (non-hydrogen) atoms. The molecule has 1 aliphatic rings. The first-order chi connectivity index (χ1) is 20.4. The first kappa shape index (κ1) is 21.3. The number of hydrogen-bond acceptors (Lipinski definition) is 3. The molecular weight excluding hydrogens is 502 g/mol. The lowest BCUT2D eigenvalue weighted by Gasteiger charge is -2.11. The summed E-state index contributed by atoms with van der Waals surface area (Å²) >= 11 is 0. The van der Waals surface area contributed by atoms with Crippen LogP contribution in [0.3, 0.4) is 0 Å². The van der Waals surface area contributed by atoms with Gasteiger partial charge in [0.25, 0.3) is 0 Å². The fourth-order valence-corrected chi connectivity index (χ4v) is 7.23. The van der Waals surface area contributed by atoms with Crippen LogP contribution in [0.4, 0.5) is 0 Å². The summed E-state index contributed by atoms with van der Waals surface area (Å²) in [7, 11) is 0. The fraction of sp³-hybridized carbons (Fsp3) is 0.0278. The molecule has 5 nitrogen and oxygen atoms in total. The third kappa shape index (κ3) is 2.63. The SMILES string of the molecule is c1ccc(-n2c3ccccc3c3c4c(ccc32)-c2ccc3c5cccnc5n5c6ncccc6nc5c3c2C4)cc1. The van der Waals surface area contributed by atoms with Crippen LogP contribution in [0, 0.1) is 0 Å². The molecule has 190 valence electrons. The summed E-state index contributed by atoms with van der Waals surface area (Å²) in [5.74, 6) is 0. The first-order valence-corrected chi connectivity index (χ1v) is 13.9. The molecule has 10 rings (SSSR count). The van der Waals surface area contributed by atoms with Crippen molar-refractivity contribution in [1.29, 1.82) is 0 Å². The highest BCUT2D eigenvalue weighted by Crippen LogP contribution is 2.48. The second kappa shape index (κ2) is 7.55. The molecule has 0 N–H and O–H groups in total. The van der Waals surface area contributed by atoms with E-state index < -0.39 is 0 Å². The van der Waals surface area contributed by atoms with Crippen molar-refractivity contribution < 1.29 is 0 Å². The summed E-state index contributed by atoms with van der Waals surface area (Å²) < 4.78 is 4.55. The number of para-hydroxylation sites is 2. The molecule has 0 saturated carbocycles. The van der Waals surface area contributed by atoms with Crippen LogP contribution in [0.15, 0.2) is 116 Å². The molecule has 0 fully saturated rings. The van der Waals surface area contributed by atoms with Crippen LogP contribution >= 0.6 is 0 Å². The second-order valence-electron chi connectivity index (χ2n) is 10.9. The summed E-state index contributed by atoms with van der Waals surface area (Å²) in [6, 6.07) is 36.8. The Bertz CT molecular complexity index is 2550. The monoisotopic (exact) mass is 523 g/mol. The van der Waals surface area contributed by atoms with Gasteiger partial charge in [-0.2, -0.15) is 0 Å². The van der Waals surface area contributed by atoms with E-state index in [-0.39, 0.29) is 0 Å². The number of rotatable bonds is 1. The molecule has 0 atom stereocenters. The third-order valence-corrected chi connectivity index (χ3v) is 8.85. The summed E-state index contributed by atoms with van der Waals surface area (Å²) in [5, 5.41) is 6.11. The molecule has 0 aliphatic heterocycles. The zero-order valence-electron chi connectivity index (χ0n) is 21.9. The number of aromatic nitrogens is 5. The average molecular weight is 524 g/mol. The van der Waals surface area contributed by atoms with Gasteiger partial charge in [-0.15, -0.1) is 0 Å². The van der Waals surface area contributed by atoms with Crippen LogP contribution in [-0.2, 0) is 6.42 Å². The molecule has 0 spiro atoms. The van der Waals surface area contributed by atoms with Crippen LogP contribution in [-0.4, -0.2) is 23.9 Å². The van der Waals surface area contributed by atoms with Crippen LogP contribution in [0.5, 0.6) is 0 Å². The lowest BCUT2D eigenvalue weighted by Crippen LogP contribution is -1.97. The summed E-state index contributed by atoms with van der Waals surface area (Å²) in [4.78, 5) is 14.7. The molecule has 0 bridgehead atoms. The summed E-state index contributed by atoms with van der Waals surface area (Å²) in [5.41, 5.74) is 12.5. The van der Waals surface area contributed by atoms with Gasteiger partial charge in [-0.25, -0.2) is 15.0 Å². The minimum atomic E-state index is 0.842. The average Bonchev–Trinajstić information content (AvgIpc) is 3.71. The maximum atomic E-state index is 5.15. The molecule has 0 unspecified atom stereocenters. The van der Waals surface area contributed by atoms with E-state index in [1.54, 1.807) is 0 Å². The number of fused-ring (bicyclic) bond motifs is 16. The molecule has 5 heteroatoms. The molecule has 0 saturated heterocycles. The predicted molar refractivity (Wildman–Crippen MR) is 166 cm³/mol. The van der Waals surface area contributed by atoms with Crippen molar-refractivity contribution in [3.63, 3.8) is 0 Å². The molecule has 9 aromatic rings. The highest BCUT2D eigenvalue weighted by molar-refractivity contribution is 6.18. The summed E-state index contributed by atoms with van der Waals surface area (Å²) in [6.45, 7) is 0. The Morgan fingerprint density at radius 3 is 2.15 bits per heavy atom. The maximum Gasteiger partial charge on any atom is 0.166 e. The van der Waals surface area contributed by atoms with E-state index in [4.69, 9.17) is 15.0 Å². The highest BCUT2D eigenvalue weighted by Gasteiger charge is 2.28. The Morgan fingerprint density at radius 1 is 0.512 bits per heavy atom. The normalized spacial score (nSPS) is 12.8. The largest absolute Gasteiger partial charge is 0.309 e. The van der Waals surface area contributed by atoms with Crippen LogP contribution < -0.4 is 0 Å². The Kier molecular flexibility index (Phi) is 3.92. The smallest absolute Gasteiger partial charge is 0.166 e. The minimum absolute atomic E-state index is 0.842. The zero-order valence-corrected chi connectivity index (χ0v) is 21.9. The van der Waals surface area contributed by atoms with Crippen LogP contribution in [0.25, 0.3) is 77.2 Å². The first-order valence-electron chi connectivity index (χ1n) is 13.9. The van der Waals surface area contributed by atoms with Crippen molar-refractivity contribution in [2.24, 2.45) is 0 Å². The number of nitrogens with zero attached hydrogens (tertiary/aromatic N) is 5. The molecule has 5 aromatic heterocycles. The van der Waals surface area contributed by atoms with Gasteiger partial charge in [-0.3, -0.25) is 4.40 Å². The lowest BCUT2D eigenvalue weighted by molar-refractivity contribution is 1.18. The van der Waals surface area contributed by atoms with E-state index in [0.717, 1.165) is 34.3 Å². The van der Waals surface area contributed by atoms with Gasteiger partial charge < -0.3 is 4.57 Å². The molecule has 1 aliphatic carbocycles. The van der Waals surface area contributed by atoms with E-state index in [1.807, 2.05) is 30.6 Å². The van der Waals surface area contributed by atoms with Crippen molar-refractivity contribution in [1.82, 2.24) is 23.9 Å². The Hall–Kier alpha value is -5.55. The van der Waals surface area contributed by atoms with Crippen LogP contribution in [0.2, 0.25) is 0 Å². The van der Waals surface area contributed by atoms with Gasteiger partial charge in [-0.1, -0.05) is 54.6 Å². The topological polar surface area (TPSA) is 48.0 Å². The van der Waals surface area contributed by atoms with Crippen molar-refractivity contribution in [3.8, 4) is 16.8 Å². The van der Waals surface area contributed by atoms with Gasteiger partial charge in [-0.05, 0) is 76.2 Å². The standard InChI is InChI=1S/C36H21N5/c1-2-8-21(9-3-1)40-30-13-5-4-10-26(30)32-27-20-28-22(23(27)16-17-31(32)40)14-15-24-25-11-6-18-37-34(25)41-35-29(12-7-19-38-35)39-36(41)33(24)28/h1-19H,20H2. The van der Waals surface area contributed by atoms with Gasteiger partial charge >= 0.3 is 0 Å². The molecule has 5 heterocycles. The highest BCUT2D eigenvalue weighted by atomic mass is 15.1. The Morgan fingerprint density at radius 2 is 1.24 bits per heavy atom. The third-order valence-electron chi connectivity index (χ3n) is 8.85. The van der Waals surface area contributed by atoms with E-state index in [1.165, 1.54) is 60.5 Å². The Balaban J connectivity index is 1.34. The molecular formula is C36H21N5. The molecule has 4 aromatic carbocycles. The van der Waals surface area contributed by atoms with E-state index in [2.05, 4.69) is 93.9 Å². The van der Waals surface area contributed by atoms with Gasteiger partial charge in [0.1, 0.15) is 16.8 Å². The molecule has 0 radical (unpaired) electrons. The number of benzene rings is 4. The van der Waals surface area contributed by atoms with Crippen molar-refractivity contribution in [3.05, 3.63) is 127 Å². The van der Waals surface area contributed by atoms with Crippen LogP contribution in [0.1, 0.15) is 11.1 Å². The van der Waals surface area contributed by atoms with Crippen molar-refractivity contribution in [2.45, 2.75) is 6.42 Å². The quantitative estimate of drug-likeness (QED) is 0.204. The van der Waals surface area contributed by atoms with Crippen molar-refractivity contribution >= 4 is 60.4 Å². The molecule has 0 amide bonds. The predicted octanol–water partition coefficient (Wildman–Crippen LogP) is 8.25. The minimum Gasteiger partial charge on any atom is -0.309 e. The lowest BCUT2D eigenvalue weighted by atomic mass is 9.98. The van der Waals surface area contributed by atoms with E-state index in [0.29, 0.717) is 0 Å². The zero-order chi connectivity index (χ0) is 26.7. The fourth-order valence-electron chi connectivity index (χ4n) is 7.23.